The molecule has 50 heavy (non-hydrogen) atoms. The van der Waals surface area contributed by atoms with Crippen molar-refractivity contribution in [3.8, 4) is 11.5 Å². The summed E-state index contributed by atoms with van der Waals surface area (Å²) < 4.78 is 66.4. The molecule has 1 amide bonds. The number of halogens is 4. The van der Waals surface area contributed by atoms with Crippen LogP contribution in [-0.2, 0) is 45.3 Å². The molecule has 0 aliphatic carbocycles. The number of carbonyl (C=O) groups excluding carboxylic acids is 1. The Morgan fingerprint density at radius 3 is 2.26 bits per heavy atom. The number of ether oxygens (including phenoxy) is 3. The summed E-state index contributed by atoms with van der Waals surface area (Å²) in [5, 5.41) is 15.0. The van der Waals surface area contributed by atoms with Crippen molar-refractivity contribution in [2.45, 2.75) is 71.4 Å². The number of fused-ring (bicyclic) bond motifs is 1. The van der Waals surface area contributed by atoms with Crippen LogP contribution in [0.4, 0.5) is 17.6 Å². The highest BCUT2D eigenvalue weighted by atomic mass is 31.0. The summed E-state index contributed by atoms with van der Waals surface area (Å²) in [7, 11) is 2.50. The second-order valence-corrected chi connectivity index (χ2v) is 11.9. The summed E-state index contributed by atoms with van der Waals surface area (Å²) in [5.41, 5.74) is 5.47. The number of hydrogen-bond donors (Lipinski definition) is 3. The molecule has 0 bridgehead atoms. The number of imidazole rings is 1. The molecule has 13 nitrogen and oxygen atoms in total. The number of rotatable bonds is 13. The van der Waals surface area contributed by atoms with E-state index in [1.807, 2.05) is 31.2 Å². The van der Waals surface area contributed by atoms with E-state index in [0.29, 0.717) is 44.0 Å². The Morgan fingerprint density at radius 2 is 1.76 bits per heavy atom. The number of nitrogens with two attached hydrogens (primary N) is 1. The third kappa shape index (κ3) is 12.4. The average Bonchev–Trinajstić information content (AvgIpc) is 3.37. The van der Waals surface area contributed by atoms with Gasteiger partial charge >= 0.3 is 23.5 Å². The molecule has 1 aliphatic heterocycles. The SMILES string of the molecule is CC(F)(F)C(=O)O.CCN(Cc1ncccc1OC)C(=O)COc1ccc2c(c1)n(CC)c(CN)[n+]2CC1CCOCC1.O=C(O)C(F)(F)P. The van der Waals surface area contributed by atoms with Crippen LogP contribution in [0.2, 0.25) is 0 Å². The van der Waals surface area contributed by atoms with E-state index in [1.165, 1.54) is 0 Å². The number of carboxylic acids is 2. The number of benzene rings is 1. The zero-order valence-electron chi connectivity index (χ0n) is 28.4. The molecule has 3 heterocycles. The molecule has 0 spiro atoms. The van der Waals surface area contributed by atoms with Gasteiger partial charge in [0.25, 0.3) is 11.7 Å². The van der Waals surface area contributed by atoms with Gasteiger partial charge in [-0.3, -0.25) is 9.78 Å². The smallest absolute Gasteiger partial charge is 0.378 e. The van der Waals surface area contributed by atoms with E-state index in [2.05, 4.69) is 27.1 Å². The molecule has 1 fully saturated rings. The zero-order chi connectivity index (χ0) is 37.6. The van der Waals surface area contributed by atoms with Gasteiger partial charge in [-0.25, -0.2) is 18.7 Å². The Bertz CT molecular complexity index is 1550. The minimum Gasteiger partial charge on any atom is -0.495 e. The topological polar surface area (TPSA) is 170 Å². The number of nitrogens with zero attached hydrogens (tertiary/aromatic N) is 4. The van der Waals surface area contributed by atoms with Crippen LogP contribution in [-0.4, -0.2) is 87.6 Å². The first-order valence-corrected chi connectivity index (χ1v) is 16.3. The molecule has 3 aromatic rings. The number of methoxy groups -OCH3 is 1. The van der Waals surface area contributed by atoms with Crippen molar-refractivity contribution in [3.05, 3.63) is 48.0 Å². The number of alkyl halides is 4. The van der Waals surface area contributed by atoms with Gasteiger partial charge in [0.2, 0.25) is 0 Å². The van der Waals surface area contributed by atoms with Crippen LogP contribution >= 0.6 is 9.24 Å². The molecule has 4 N–H and O–H groups in total. The maximum atomic E-state index is 13.0. The van der Waals surface area contributed by atoms with E-state index < -0.39 is 23.5 Å². The molecule has 0 saturated carbocycles. The van der Waals surface area contributed by atoms with Crippen molar-refractivity contribution in [1.82, 2.24) is 14.5 Å². The molecule has 278 valence electrons. The van der Waals surface area contributed by atoms with Crippen molar-refractivity contribution < 1.29 is 60.9 Å². The van der Waals surface area contributed by atoms with Crippen molar-refractivity contribution >= 4 is 38.1 Å². The van der Waals surface area contributed by atoms with E-state index >= 15 is 0 Å². The molecule has 2 aromatic heterocycles. The fourth-order valence-electron chi connectivity index (χ4n) is 4.95. The van der Waals surface area contributed by atoms with Gasteiger partial charge in [-0.15, -0.1) is 0 Å². The molecule has 1 unspecified atom stereocenters. The van der Waals surface area contributed by atoms with Crippen LogP contribution in [0.5, 0.6) is 11.5 Å². The van der Waals surface area contributed by atoms with E-state index in [1.54, 1.807) is 18.2 Å². The van der Waals surface area contributed by atoms with Crippen molar-refractivity contribution in [2.24, 2.45) is 11.7 Å². The molecule has 1 saturated heterocycles. The number of carbonyl (C=O) groups is 3. The fourth-order valence-corrected chi connectivity index (χ4v) is 4.95. The molecular weight excluding hydrogens is 689 g/mol. The lowest BCUT2D eigenvalue weighted by atomic mass is 10.0. The summed E-state index contributed by atoms with van der Waals surface area (Å²) in [5.74, 6) is -4.89. The first kappa shape index (κ1) is 42.1. The van der Waals surface area contributed by atoms with Gasteiger partial charge in [0.1, 0.15) is 17.2 Å². The number of aryl methyl sites for hydroxylation is 1. The van der Waals surface area contributed by atoms with Crippen molar-refractivity contribution in [3.63, 3.8) is 0 Å². The van der Waals surface area contributed by atoms with Crippen LogP contribution in [0.25, 0.3) is 11.0 Å². The highest BCUT2D eigenvalue weighted by molar-refractivity contribution is 7.20. The summed E-state index contributed by atoms with van der Waals surface area (Å²) in [6.45, 7) is 9.11. The van der Waals surface area contributed by atoms with Gasteiger partial charge < -0.3 is 35.1 Å². The Hall–Kier alpha value is -4.08. The molecule has 0 radical (unpaired) electrons. The number of amides is 1. The maximum absolute atomic E-state index is 13.0. The van der Waals surface area contributed by atoms with Crippen LogP contribution in [0.3, 0.4) is 0 Å². The highest BCUT2D eigenvalue weighted by Crippen LogP contribution is 2.24. The first-order chi connectivity index (χ1) is 23.5. The molecular formula is C32H45F4N5O8P+. The van der Waals surface area contributed by atoms with Gasteiger partial charge in [0.05, 0.1) is 33.3 Å². The Balaban J connectivity index is 0.000000521. The van der Waals surface area contributed by atoms with E-state index in [0.717, 1.165) is 70.9 Å². The summed E-state index contributed by atoms with van der Waals surface area (Å²) in [6, 6.07) is 9.70. The van der Waals surface area contributed by atoms with Crippen molar-refractivity contribution in [1.29, 1.82) is 0 Å². The average molecular weight is 735 g/mol. The minimum atomic E-state index is -3.67. The first-order valence-electron chi connectivity index (χ1n) is 15.7. The predicted octanol–water partition coefficient (Wildman–Crippen LogP) is 3.93. The quantitative estimate of drug-likeness (QED) is 0.133. The van der Waals surface area contributed by atoms with Gasteiger partial charge in [0, 0.05) is 44.9 Å². The van der Waals surface area contributed by atoms with E-state index in [4.69, 9.17) is 30.2 Å². The Morgan fingerprint density at radius 1 is 1.14 bits per heavy atom. The lowest BCUT2D eigenvalue weighted by Gasteiger charge is -2.21. The predicted molar refractivity (Wildman–Crippen MR) is 177 cm³/mol. The van der Waals surface area contributed by atoms with Crippen molar-refractivity contribution in [2.75, 3.05) is 33.5 Å². The number of carboxylic acid groups (broad SMARTS) is 2. The van der Waals surface area contributed by atoms with Gasteiger partial charge in [0.15, 0.2) is 17.6 Å². The van der Waals surface area contributed by atoms with Crippen LogP contribution < -0.4 is 19.8 Å². The largest absolute Gasteiger partial charge is 0.495 e. The molecule has 18 heteroatoms. The third-order valence-corrected chi connectivity index (χ3v) is 7.85. The monoisotopic (exact) mass is 734 g/mol. The standard InChI is InChI=1S/C27H38N5O4.C3H4F2O2.C2H3F2O2P/c1-4-30(18-22-25(34-3)7-6-12-29-22)27(33)19-36-21-8-9-23-24(15-21)31(5-2)26(16-28)32(23)17-20-10-13-35-14-11-20;1-3(4,5)2(6)7;3-2(4,7)1(5)6/h6-9,12,15,20H,4-5,10-11,13-14,16-19,28H2,1-3H3;1H3,(H,6,7);7H2,(H,5,6)/q+1;;. The lowest BCUT2D eigenvalue weighted by Crippen LogP contribution is -2.43. The fraction of sp³-hybridized carbons (Fsp3) is 0.531. The summed E-state index contributed by atoms with van der Waals surface area (Å²) in [4.78, 5) is 37.6. The second-order valence-electron chi connectivity index (χ2n) is 11.2. The molecule has 1 aliphatic rings. The summed E-state index contributed by atoms with van der Waals surface area (Å²) >= 11 is 0. The maximum Gasteiger partial charge on any atom is 0.378 e. The summed E-state index contributed by atoms with van der Waals surface area (Å²) in [6.07, 6.45) is 3.84. The highest BCUT2D eigenvalue weighted by Gasteiger charge is 2.32. The van der Waals surface area contributed by atoms with Crippen LogP contribution in [0.15, 0.2) is 36.5 Å². The van der Waals surface area contributed by atoms with Gasteiger partial charge in [-0.1, -0.05) is 0 Å². The number of pyridine rings is 1. The number of aromatic nitrogens is 3. The normalized spacial score (nSPS) is 13.4. The zero-order valence-corrected chi connectivity index (χ0v) is 29.6. The molecule has 1 aromatic carbocycles. The van der Waals surface area contributed by atoms with Gasteiger partial charge in [-0.2, -0.15) is 17.6 Å². The lowest BCUT2D eigenvalue weighted by molar-refractivity contribution is -0.687. The van der Waals surface area contributed by atoms with Gasteiger partial charge in [-0.05, 0) is 60.2 Å². The third-order valence-electron chi connectivity index (χ3n) is 7.60. The molecule has 4 rings (SSSR count). The number of hydrogen-bond acceptors (Lipinski definition) is 8. The number of aliphatic carboxylic acids is 2. The van der Waals surface area contributed by atoms with Crippen LogP contribution in [0.1, 0.15) is 45.1 Å². The Kier molecular flexibility index (Phi) is 16.3. The number of likely N-dealkylation sites (N-methyl/N-ethyl adjacent to an activating group) is 1. The van der Waals surface area contributed by atoms with E-state index in [9.17, 15) is 31.9 Å². The second kappa shape index (κ2) is 19.3. The minimum absolute atomic E-state index is 0.0485. The molecule has 1 atom stereocenters. The van der Waals surface area contributed by atoms with Crippen LogP contribution in [0, 0.1) is 5.92 Å². The Labute approximate surface area is 289 Å². The van der Waals surface area contributed by atoms with E-state index in [-0.39, 0.29) is 12.5 Å².